The average molecular weight is 550 g/mol. The van der Waals surface area contributed by atoms with E-state index in [9.17, 15) is 15.0 Å². The Labute approximate surface area is 243 Å². The number of hydrogen-bond donors (Lipinski definition) is 3. The van der Waals surface area contributed by atoms with Crippen molar-refractivity contribution in [1.82, 2.24) is 5.32 Å². The van der Waals surface area contributed by atoms with Gasteiger partial charge < -0.3 is 15.5 Å². The van der Waals surface area contributed by atoms with Gasteiger partial charge in [0.2, 0.25) is 5.91 Å². The van der Waals surface area contributed by atoms with Gasteiger partial charge in [-0.2, -0.15) is 0 Å². The lowest BCUT2D eigenvalue weighted by atomic mass is 10.0. The quantitative estimate of drug-likeness (QED) is 0.0617. The van der Waals surface area contributed by atoms with Gasteiger partial charge in [0.05, 0.1) is 18.8 Å². The molecule has 39 heavy (non-hydrogen) atoms. The third-order valence-corrected chi connectivity index (χ3v) is 7.69. The molecule has 2 atom stereocenters. The van der Waals surface area contributed by atoms with Gasteiger partial charge in [-0.3, -0.25) is 4.79 Å². The Hall–Kier alpha value is -1.13. The molecule has 3 N–H and O–H groups in total. The van der Waals surface area contributed by atoms with E-state index < -0.39 is 12.1 Å². The average Bonchev–Trinajstić information content (AvgIpc) is 2.94. The van der Waals surface area contributed by atoms with Gasteiger partial charge in [-0.15, -0.1) is 0 Å². The van der Waals surface area contributed by atoms with Gasteiger partial charge in [0.25, 0.3) is 0 Å². The third-order valence-electron chi connectivity index (χ3n) is 7.69. The molecule has 1 amide bonds. The summed E-state index contributed by atoms with van der Waals surface area (Å²) in [4.78, 5) is 11.9. The molecule has 0 fully saturated rings. The highest BCUT2D eigenvalue weighted by atomic mass is 16.3. The molecule has 0 aromatic heterocycles. The molecular formula is C35H67NO3. The van der Waals surface area contributed by atoms with E-state index in [-0.39, 0.29) is 12.5 Å². The molecule has 0 heterocycles. The topological polar surface area (TPSA) is 69.6 Å². The number of rotatable bonds is 30. The fraction of sp³-hybridized carbons (Fsp3) is 0.857. The molecule has 0 saturated heterocycles. The molecule has 0 saturated carbocycles. The number of aliphatic hydroxyl groups is 2. The molecule has 0 radical (unpaired) electrons. The zero-order valence-electron chi connectivity index (χ0n) is 26.2. The van der Waals surface area contributed by atoms with Gasteiger partial charge in [0.15, 0.2) is 0 Å². The Morgan fingerprint density at radius 3 is 1.49 bits per heavy atom. The monoisotopic (exact) mass is 550 g/mol. The van der Waals surface area contributed by atoms with Crippen LogP contribution in [0.15, 0.2) is 24.3 Å². The minimum absolute atomic E-state index is 0.0996. The van der Waals surface area contributed by atoms with Crippen LogP contribution in [-0.2, 0) is 4.79 Å². The lowest BCUT2D eigenvalue weighted by molar-refractivity contribution is -0.123. The van der Waals surface area contributed by atoms with Gasteiger partial charge >= 0.3 is 0 Å². The Balaban J connectivity index is 3.47. The zero-order valence-corrected chi connectivity index (χ0v) is 26.2. The van der Waals surface area contributed by atoms with Crippen LogP contribution < -0.4 is 5.32 Å². The summed E-state index contributed by atoms with van der Waals surface area (Å²) >= 11 is 0. The standard InChI is InChI=1S/C35H67NO3/c1-3-5-7-8-9-10-11-12-13-14-15-16-17-18-19-20-21-22-23-24-25-26-27-29-30-34(38)33(32-37)36-35(39)31-28-6-4-2/h24-25,29-30,33-34,37-38H,3-23,26-28,31-32H2,1-2H3,(H,36,39)/b25-24+,30-29+. The van der Waals surface area contributed by atoms with E-state index in [1.165, 1.54) is 116 Å². The van der Waals surface area contributed by atoms with Gasteiger partial charge in [0.1, 0.15) is 0 Å². The number of carbonyl (C=O) groups is 1. The number of nitrogens with one attached hydrogen (secondary N) is 1. The summed E-state index contributed by atoms with van der Waals surface area (Å²) in [7, 11) is 0. The first-order valence-corrected chi connectivity index (χ1v) is 17.1. The molecule has 4 nitrogen and oxygen atoms in total. The number of carbonyl (C=O) groups excluding carboxylic acids is 1. The molecular weight excluding hydrogens is 482 g/mol. The molecule has 4 heteroatoms. The Kier molecular flexibility index (Phi) is 30.5. The molecule has 0 aliphatic heterocycles. The number of amides is 1. The maximum Gasteiger partial charge on any atom is 0.220 e. The van der Waals surface area contributed by atoms with Crippen molar-refractivity contribution in [3.63, 3.8) is 0 Å². The van der Waals surface area contributed by atoms with Crippen molar-refractivity contribution in [3.05, 3.63) is 24.3 Å². The summed E-state index contributed by atoms with van der Waals surface area (Å²) in [6, 6.07) is -0.629. The largest absolute Gasteiger partial charge is 0.394 e. The molecule has 0 bridgehead atoms. The van der Waals surface area contributed by atoms with E-state index in [4.69, 9.17) is 0 Å². The van der Waals surface area contributed by atoms with Crippen molar-refractivity contribution >= 4 is 5.91 Å². The molecule has 0 aromatic rings. The van der Waals surface area contributed by atoms with Crippen LogP contribution in [0, 0.1) is 0 Å². The third kappa shape index (κ3) is 28.2. The summed E-state index contributed by atoms with van der Waals surface area (Å²) in [6.07, 6.45) is 39.1. The van der Waals surface area contributed by atoms with Crippen LogP contribution in [0.25, 0.3) is 0 Å². The molecule has 0 aliphatic carbocycles. The number of unbranched alkanes of at least 4 members (excludes halogenated alkanes) is 21. The van der Waals surface area contributed by atoms with Gasteiger partial charge in [-0.1, -0.05) is 160 Å². The van der Waals surface area contributed by atoms with E-state index in [0.29, 0.717) is 6.42 Å². The summed E-state index contributed by atoms with van der Waals surface area (Å²) in [5.41, 5.74) is 0. The first-order chi connectivity index (χ1) is 19.2. The number of allylic oxidation sites excluding steroid dienone is 3. The second-order valence-electron chi connectivity index (χ2n) is 11.6. The van der Waals surface area contributed by atoms with Crippen LogP contribution in [0.4, 0.5) is 0 Å². The van der Waals surface area contributed by atoms with Gasteiger partial charge in [-0.05, 0) is 32.1 Å². The first kappa shape index (κ1) is 37.9. The van der Waals surface area contributed by atoms with E-state index in [2.05, 4.69) is 31.3 Å². The minimum atomic E-state index is -0.853. The minimum Gasteiger partial charge on any atom is -0.394 e. The van der Waals surface area contributed by atoms with Crippen LogP contribution >= 0.6 is 0 Å². The first-order valence-electron chi connectivity index (χ1n) is 17.1. The summed E-state index contributed by atoms with van der Waals surface area (Å²) < 4.78 is 0. The van der Waals surface area contributed by atoms with E-state index in [1.54, 1.807) is 6.08 Å². The smallest absolute Gasteiger partial charge is 0.220 e. The van der Waals surface area contributed by atoms with E-state index in [1.807, 2.05) is 6.08 Å². The highest BCUT2D eigenvalue weighted by Gasteiger charge is 2.17. The van der Waals surface area contributed by atoms with Crippen LogP contribution in [0.1, 0.15) is 174 Å². The number of hydrogen-bond acceptors (Lipinski definition) is 3. The van der Waals surface area contributed by atoms with Crippen LogP contribution in [0.3, 0.4) is 0 Å². The normalized spacial score (nSPS) is 13.4. The maximum absolute atomic E-state index is 11.9. The summed E-state index contributed by atoms with van der Waals surface area (Å²) in [5.74, 6) is -0.0996. The second kappa shape index (κ2) is 31.4. The second-order valence-corrected chi connectivity index (χ2v) is 11.6. The Morgan fingerprint density at radius 1 is 0.590 bits per heavy atom. The van der Waals surface area contributed by atoms with Crippen molar-refractivity contribution in [2.45, 2.75) is 187 Å². The lowest BCUT2D eigenvalue weighted by Crippen LogP contribution is -2.45. The molecule has 0 aromatic carbocycles. The number of aliphatic hydroxyl groups excluding tert-OH is 2. The molecule has 0 aliphatic rings. The molecule has 230 valence electrons. The fourth-order valence-electron chi connectivity index (χ4n) is 5.02. The Bertz CT molecular complexity index is 560. The highest BCUT2D eigenvalue weighted by molar-refractivity contribution is 5.76. The van der Waals surface area contributed by atoms with Crippen LogP contribution in [0.2, 0.25) is 0 Å². The predicted molar refractivity (Wildman–Crippen MR) is 170 cm³/mol. The summed E-state index contributed by atoms with van der Waals surface area (Å²) in [5, 5.41) is 22.5. The van der Waals surface area contributed by atoms with Crippen molar-refractivity contribution in [1.29, 1.82) is 0 Å². The van der Waals surface area contributed by atoms with Gasteiger partial charge in [0, 0.05) is 6.42 Å². The van der Waals surface area contributed by atoms with Gasteiger partial charge in [-0.25, -0.2) is 0 Å². The SMILES string of the molecule is CCCCCCCCCCCCCCCCCCCC/C=C/CC/C=C/C(O)C(CO)NC(=O)CCCCC. The molecule has 0 rings (SSSR count). The van der Waals surface area contributed by atoms with Crippen molar-refractivity contribution in [2.24, 2.45) is 0 Å². The Morgan fingerprint density at radius 2 is 1.00 bits per heavy atom. The predicted octanol–water partition coefficient (Wildman–Crippen LogP) is 9.73. The maximum atomic E-state index is 11.9. The van der Waals surface area contributed by atoms with Crippen LogP contribution in [0.5, 0.6) is 0 Å². The van der Waals surface area contributed by atoms with Crippen LogP contribution in [-0.4, -0.2) is 34.9 Å². The molecule has 0 spiro atoms. The van der Waals surface area contributed by atoms with E-state index in [0.717, 1.165) is 38.5 Å². The fourth-order valence-corrected chi connectivity index (χ4v) is 5.02. The molecule has 2 unspecified atom stereocenters. The zero-order chi connectivity index (χ0) is 28.7. The highest BCUT2D eigenvalue weighted by Crippen LogP contribution is 2.14. The van der Waals surface area contributed by atoms with Crippen molar-refractivity contribution in [3.8, 4) is 0 Å². The van der Waals surface area contributed by atoms with Crippen molar-refractivity contribution in [2.75, 3.05) is 6.61 Å². The van der Waals surface area contributed by atoms with E-state index >= 15 is 0 Å². The lowest BCUT2D eigenvalue weighted by Gasteiger charge is -2.19. The van der Waals surface area contributed by atoms with Crippen molar-refractivity contribution < 1.29 is 15.0 Å². The summed E-state index contributed by atoms with van der Waals surface area (Å²) in [6.45, 7) is 4.13.